The van der Waals surface area contributed by atoms with Gasteiger partial charge in [-0.25, -0.2) is 8.42 Å². The SMILES string of the molecule is O=C(CN1CCCC1c1cccs1)N1CCN(S(=O)(=O)Cc2ccccc2)CC1. The summed E-state index contributed by atoms with van der Waals surface area (Å²) in [5, 5.41) is 2.09. The fourth-order valence-electron chi connectivity index (χ4n) is 4.18. The van der Waals surface area contributed by atoms with Crippen molar-refractivity contribution in [3.63, 3.8) is 0 Å². The van der Waals surface area contributed by atoms with Crippen LogP contribution in [0.2, 0.25) is 0 Å². The highest BCUT2D eigenvalue weighted by Gasteiger charge is 2.32. The molecule has 0 aliphatic carbocycles. The van der Waals surface area contributed by atoms with Crippen molar-refractivity contribution in [2.45, 2.75) is 24.6 Å². The highest BCUT2D eigenvalue weighted by molar-refractivity contribution is 7.88. The van der Waals surface area contributed by atoms with Crippen LogP contribution in [0.15, 0.2) is 47.8 Å². The van der Waals surface area contributed by atoms with Gasteiger partial charge in [0.25, 0.3) is 0 Å². The zero-order chi connectivity index (χ0) is 20.3. The molecule has 2 saturated heterocycles. The summed E-state index contributed by atoms with van der Waals surface area (Å²) >= 11 is 1.75. The summed E-state index contributed by atoms with van der Waals surface area (Å²) in [6, 6.07) is 13.8. The Kier molecular flexibility index (Phi) is 6.34. The van der Waals surface area contributed by atoms with Crippen molar-refractivity contribution in [2.75, 3.05) is 39.3 Å². The van der Waals surface area contributed by atoms with Crippen molar-refractivity contribution in [3.8, 4) is 0 Å². The number of hydrogen-bond acceptors (Lipinski definition) is 5. The summed E-state index contributed by atoms with van der Waals surface area (Å²) < 4.78 is 26.9. The summed E-state index contributed by atoms with van der Waals surface area (Å²) in [5.74, 6) is 0.117. The minimum Gasteiger partial charge on any atom is -0.339 e. The van der Waals surface area contributed by atoms with Crippen LogP contribution in [0.3, 0.4) is 0 Å². The molecule has 0 N–H and O–H groups in total. The summed E-state index contributed by atoms with van der Waals surface area (Å²) in [6.07, 6.45) is 2.21. The number of carbonyl (C=O) groups excluding carboxylic acids is 1. The lowest BCUT2D eigenvalue weighted by atomic mass is 10.2. The Labute approximate surface area is 176 Å². The molecule has 2 fully saturated rings. The average molecular weight is 434 g/mol. The van der Waals surface area contributed by atoms with Crippen molar-refractivity contribution in [1.82, 2.24) is 14.1 Å². The Hall–Kier alpha value is -1.74. The van der Waals surface area contributed by atoms with Gasteiger partial charge in [0, 0.05) is 37.1 Å². The lowest BCUT2D eigenvalue weighted by Crippen LogP contribution is -2.52. The topological polar surface area (TPSA) is 60.9 Å². The van der Waals surface area contributed by atoms with Crippen LogP contribution in [0.1, 0.15) is 29.3 Å². The predicted molar refractivity (Wildman–Crippen MR) is 115 cm³/mol. The van der Waals surface area contributed by atoms with Gasteiger partial charge in [0.2, 0.25) is 15.9 Å². The second-order valence-electron chi connectivity index (χ2n) is 7.67. The van der Waals surface area contributed by atoms with Gasteiger partial charge in [-0.05, 0) is 36.4 Å². The van der Waals surface area contributed by atoms with E-state index in [2.05, 4.69) is 22.4 Å². The van der Waals surface area contributed by atoms with Crippen LogP contribution in [0.4, 0.5) is 0 Å². The third-order valence-corrected chi connectivity index (χ3v) is 8.57. The Morgan fingerprint density at radius 3 is 2.45 bits per heavy atom. The predicted octanol–water partition coefficient (Wildman–Crippen LogP) is 2.56. The molecule has 1 aromatic heterocycles. The van der Waals surface area contributed by atoms with E-state index in [1.54, 1.807) is 11.3 Å². The van der Waals surface area contributed by atoms with Crippen molar-refractivity contribution in [2.24, 2.45) is 0 Å². The Morgan fingerprint density at radius 2 is 1.76 bits per heavy atom. The van der Waals surface area contributed by atoms with E-state index >= 15 is 0 Å². The molecule has 1 atom stereocenters. The van der Waals surface area contributed by atoms with Gasteiger partial charge in [0.1, 0.15) is 0 Å². The van der Waals surface area contributed by atoms with Crippen LogP contribution in [0, 0.1) is 0 Å². The van der Waals surface area contributed by atoms with Gasteiger partial charge in [0.15, 0.2) is 0 Å². The second kappa shape index (κ2) is 8.95. The van der Waals surface area contributed by atoms with Crippen molar-refractivity contribution in [3.05, 3.63) is 58.3 Å². The largest absolute Gasteiger partial charge is 0.339 e. The van der Waals surface area contributed by atoms with Gasteiger partial charge in [0.05, 0.1) is 12.3 Å². The van der Waals surface area contributed by atoms with Gasteiger partial charge in [-0.2, -0.15) is 4.31 Å². The summed E-state index contributed by atoms with van der Waals surface area (Å²) in [4.78, 5) is 18.3. The third-order valence-electron chi connectivity index (χ3n) is 5.75. The zero-order valence-electron chi connectivity index (χ0n) is 16.4. The highest BCUT2D eigenvalue weighted by Crippen LogP contribution is 2.34. The minimum absolute atomic E-state index is 0.0120. The number of amides is 1. The molecule has 4 rings (SSSR count). The van der Waals surface area contributed by atoms with Gasteiger partial charge in [-0.3, -0.25) is 9.69 Å². The maximum absolute atomic E-state index is 12.8. The monoisotopic (exact) mass is 433 g/mol. The summed E-state index contributed by atoms with van der Waals surface area (Å²) in [7, 11) is -3.36. The van der Waals surface area contributed by atoms with E-state index in [0.29, 0.717) is 38.8 Å². The first-order valence-electron chi connectivity index (χ1n) is 10.1. The highest BCUT2D eigenvalue weighted by atomic mass is 32.2. The smallest absolute Gasteiger partial charge is 0.236 e. The summed E-state index contributed by atoms with van der Waals surface area (Å²) in [6.45, 7) is 3.03. The standard InChI is InChI=1S/C21H27N3O3S2/c25-21(16-23-10-4-8-19(23)20-9-5-15-28-20)22-11-13-24(14-12-22)29(26,27)17-18-6-2-1-3-7-18/h1-3,5-7,9,15,19H,4,8,10-14,16-17H2. The van der Waals surface area contributed by atoms with Crippen LogP contribution in [-0.2, 0) is 20.6 Å². The Bertz CT molecular complexity index is 908. The minimum atomic E-state index is -3.36. The molecule has 2 aromatic rings. The molecule has 29 heavy (non-hydrogen) atoms. The molecule has 1 unspecified atom stereocenters. The van der Waals surface area contributed by atoms with Gasteiger partial charge in [-0.15, -0.1) is 11.3 Å². The van der Waals surface area contributed by atoms with E-state index in [9.17, 15) is 13.2 Å². The molecule has 6 nitrogen and oxygen atoms in total. The second-order valence-corrected chi connectivity index (χ2v) is 10.6. The first-order chi connectivity index (χ1) is 14.0. The van der Waals surface area contributed by atoms with Crippen LogP contribution >= 0.6 is 11.3 Å². The molecule has 0 bridgehead atoms. The zero-order valence-corrected chi connectivity index (χ0v) is 18.1. The van der Waals surface area contributed by atoms with E-state index < -0.39 is 10.0 Å². The number of rotatable bonds is 6. The van der Waals surface area contributed by atoms with Gasteiger partial charge in [-0.1, -0.05) is 36.4 Å². The third kappa shape index (κ3) is 4.88. The Balaban J connectivity index is 1.30. The van der Waals surface area contributed by atoms with Crippen molar-refractivity contribution in [1.29, 1.82) is 0 Å². The lowest BCUT2D eigenvalue weighted by Gasteiger charge is -2.35. The number of hydrogen-bond donors (Lipinski definition) is 0. The van der Waals surface area contributed by atoms with E-state index in [0.717, 1.165) is 24.9 Å². The van der Waals surface area contributed by atoms with Crippen molar-refractivity contribution >= 4 is 27.3 Å². The van der Waals surface area contributed by atoms with Crippen LogP contribution in [0.25, 0.3) is 0 Å². The molecule has 3 heterocycles. The fourth-order valence-corrected chi connectivity index (χ4v) is 6.60. The molecule has 1 amide bonds. The van der Waals surface area contributed by atoms with Crippen LogP contribution in [0.5, 0.6) is 0 Å². The number of carbonyl (C=O) groups is 1. The molecule has 0 saturated carbocycles. The van der Waals surface area contributed by atoms with Gasteiger partial charge >= 0.3 is 0 Å². The molecule has 0 radical (unpaired) electrons. The number of sulfonamides is 1. The maximum atomic E-state index is 12.8. The van der Waals surface area contributed by atoms with Crippen molar-refractivity contribution < 1.29 is 13.2 Å². The number of likely N-dealkylation sites (tertiary alicyclic amines) is 1. The number of nitrogens with zero attached hydrogens (tertiary/aromatic N) is 3. The summed E-state index contributed by atoms with van der Waals surface area (Å²) in [5.41, 5.74) is 0.791. The fraction of sp³-hybridized carbons (Fsp3) is 0.476. The Morgan fingerprint density at radius 1 is 1.00 bits per heavy atom. The number of benzene rings is 1. The number of piperazine rings is 1. The molecule has 2 aliphatic rings. The maximum Gasteiger partial charge on any atom is 0.236 e. The van der Waals surface area contributed by atoms with E-state index in [4.69, 9.17) is 0 Å². The molecule has 0 spiro atoms. The first kappa shape index (κ1) is 20.5. The van der Waals surface area contributed by atoms with Crippen LogP contribution < -0.4 is 0 Å². The van der Waals surface area contributed by atoms with Crippen LogP contribution in [-0.4, -0.2) is 67.7 Å². The normalized spacial score (nSPS) is 21.5. The molecule has 2 aliphatic heterocycles. The average Bonchev–Trinajstić information content (AvgIpc) is 3.40. The molecular formula is C21H27N3O3S2. The van der Waals surface area contributed by atoms with E-state index in [-0.39, 0.29) is 11.7 Å². The van der Waals surface area contributed by atoms with E-state index in [1.807, 2.05) is 35.2 Å². The molecule has 156 valence electrons. The molecule has 8 heteroatoms. The first-order valence-corrected chi connectivity index (χ1v) is 12.6. The molecule has 1 aromatic carbocycles. The van der Waals surface area contributed by atoms with Gasteiger partial charge < -0.3 is 4.90 Å². The molecular weight excluding hydrogens is 406 g/mol. The quantitative estimate of drug-likeness (QED) is 0.703. The lowest BCUT2D eigenvalue weighted by molar-refractivity contribution is -0.133. The van der Waals surface area contributed by atoms with E-state index in [1.165, 1.54) is 9.18 Å². The number of thiophene rings is 1.